The van der Waals surface area contributed by atoms with Gasteiger partial charge in [0.25, 0.3) is 0 Å². The van der Waals surface area contributed by atoms with Crippen LogP contribution in [-0.4, -0.2) is 36.4 Å². The maximum atomic E-state index is 12.6. The van der Waals surface area contributed by atoms with Crippen molar-refractivity contribution in [3.05, 3.63) is 18.0 Å². The van der Waals surface area contributed by atoms with Gasteiger partial charge in [0.15, 0.2) is 0 Å². The molecule has 0 aliphatic carbocycles. The Morgan fingerprint density at radius 1 is 1.19 bits per heavy atom. The van der Waals surface area contributed by atoms with E-state index in [1.165, 1.54) is 4.31 Å². The zero-order valence-electron chi connectivity index (χ0n) is 14.2. The fraction of sp³-hybridized carbons (Fsp3) is 0.733. The first-order valence-corrected chi connectivity index (χ1v) is 8.93. The monoisotopic (exact) mass is 315 g/mol. The molecule has 0 aliphatic rings. The van der Waals surface area contributed by atoms with E-state index in [1.807, 2.05) is 18.4 Å². The van der Waals surface area contributed by atoms with E-state index in [2.05, 4.69) is 33.0 Å². The molecule has 0 saturated carbocycles. The third kappa shape index (κ3) is 4.31. The molecular formula is C15H29N3O2S. The van der Waals surface area contributed by atoms with Gasteiger partial charge < -0.3 is 9.88 Å². The van der Waals surface area contributed by atoms with E-state index in [1.54, 1.807) is 19.3 Å². The number of hydrogen-bond acceptors (Lipinski definition) is 3. The topological polar surface area (TPSA) is 54.3 Å². The molecule has 0 radical (unpaired) electrons. The summed E-state index contributed by atoms with van der Waals surface area (Å²) in [7, 11) is -1.80. The van der Waals surface area contributed by atoms with Crippen LogP contribution in [0.25, 0.3) is 0 Å². The quantitative estimate of drug-likeness (QED) is 0.841. The van der Waals surface area contributed by atoms with Gasteiger partial charge in [-0.05, 0) is 33.8 Å². The van der Waals surface area contributed by atoms with Crippen LogP contribution in [0.5, 0.6) is 0 Å². The average molecular weight is 315 g/mol. The second-order valence-corrected chi connectivity index (χ2v) is 8.32. The Kier molecular flexibility index (Phi) is 6.01. The zero-order chi connectivity index (χ0) is 16.4. The molecule has 0 aliphatic heterocycles. The summed E-state index contributed by atoms with van der Waals surface area (Å²) in [6.07, 6.45) is 1.75. The second kappa shape index (κ2) is 6.94. The van der Waals surface area contributed by atoms with Gasteiger partial charge in [-0.1, -0.05) is 13.8 Å². The molecule has 0 aromatic carbocycles. The van der Waals surface area contributed by atoms with Gasteiger partial charge in [-0.2, -0.15) is 4.31 Å². The van der Waals surface area contributed by atoms with Gasteiger partial charge in [-0.3, -0.25) is 0 Å². The van der Waals surface area contributed by atoms with E-state index in [0.717, 1.165) is 5.69 Å². The van der Waals surface area contributed by atoms with Crippen LogP contribution in [0, 0.1) is 0 Å². The summed E-state index contributed by atoms with van der Waals surface area (Å²) in [5.74, 6) is 0. The minimum Gasteiger partial charge on any atom is -0.346 e. The Morgan fingerprint density at radius 3 is 2.19 bits per heavy atom. The minimum absolute atomic E-state index is 0.0605. The smallest absolute Gasteiger partial charge is 0.244 e. The fourth-order valence-electron chi connectivity index (χ4n) is 2.01. The van der Waals surface area contributed by atoms with E-state index >= 15 is 0 Å². The van der Waals surface area contributed by atoms with E-state index in [4.69, 9.17) is 0 Å². The van der Waals surface area contributed by atoms with Crippen molar-refractivity contribution in [2.75, 3.05) is 7.05 Å². The number of nitrogens with zero attached hydrogens (tertiary/aromatic N) is 2. The van der Waals surface area contributed by atoms with Crippen molar-refractivity contribution in [3.63, 3.8) is 0 Å². The SMILES string of the molecule is CC(C)NCc1cc(S(=O)(=O)N(C)C(C)C)cn1C(C)C. The average Bonchev–Trinajstić information content (AvgIpc) is 2.80. The molecule has 0 bridgehead atoms. The van der Waals surface area contributed by atoms with Crippen LogP contribution in [0.3, 0.4) is 0 Å². The van der Waals surface area contributed by atoms with Crippen molar-refractivity contribution in [3.8, 4) is 0 Å². The van der Waals surface area contributed by atoms with Gasteiger partial charge in [-0.15, -0.1) is 0 Å². The van der Waals surface area contributed by atoms with Gasteiger partial charge in [0.05, 0.1) is 0 Å². The van der Waals surface area contributed by atoms with Crippen molar-refractivity contribution in [1.82, 2.24) is 14.2 Å². The van der Waals surface area contributed by atoms with Crippen LogP contribution in [0.2, 0.25) is 0 Å². The van der Waals surface area contributed by atoms with E-state index in [9.17, 15) is 8.42 Å². The van der Waals surface area contributed by atoms with Crippen molar-refractivity contribution in [2.45, 2.75) is 71.1 Å². The molecule has 122 valence electrons. The van der Waals surface area contributed by atoms with Gasteiger partial charge in [0.2, 0.25) is 10.0 Å². The summed E-state index contributed by atoms with van der Waals surface area (Å²) in [6.45, 7) is 12.7. The number of hydrogen-bond donors (Lipinski definition) is 1. The van der Waals surface area contributed by atoms with Crippen LogP contribution in [0.4, 0.5) is 0 Å². The second-order valence-electron chi connectivity index (χ2n) is 6.32. The number of nitrogens with one attached hydrogen (secondary N) is 1. The molecule has 0 spiro atoms. The molecule has 0 unspecified atom stereocenters. The van der Waals surface area contributed by atoms with E-state index < -0.39 is 10.0 Å². The molecule has 1 heterocycles. The normalized spacial score (nSPS) is 13.1. The Hall–Kier alpha value is -0.850. The molecule has 1 aromatic heterocycles. The highest BCUT2D eigenvalue weighted by Crippen LogP contribution is 2.22. The standard InChI is InChI=1S/C15H29N3O2S/c1-11(2)16-9-14-8-15(10-18(14)13(5)6)21(19,20)17(7)12(3)4/h8,10-13,16H,9H2,1-7H3. The molecule has 6 heteroatoms. The summed E-state index contributed by atoms with van der Waals surface area (Å²) < 4.78 is 28.6. The first-order valence-electron chi connectivity index (χ1n) is 7.49. The zero-order valence-corrected chi connectivity index (χ0v) is 15.0. The first kappa shape index (κ1) is 18.2. The van der Waals surface area contributed by atoms with Crippen LogP contribution >= 0.6 is 0 Å². The lowest BCUT2D eigenvalue weighted by Gasteiger charge is -2.20. The molecule has 0 amide bonds. The van der Waals surface area contributed by atoms with Gasteiger partial charge in [0, 0.05) is 43.6 Å². The Labute approximate surface area is 129 Å². The highest BCUT2D eigenvalue weighted by molar-refractivity contribution is 7.89. The van der Waals surface area contributed by atoms with Crippen LogP contribution in [0.1, 0.15) is 53.3 Å². The summed E-state index contributed by atoms with van der Waals surface area (Å²) in [5.41, 5.74) is 0.995. The van der Waals surface area contributed by atoms with Crippen molar-refractivity contribution < 1.29 is 8.42 Å². The third-order valence-electron chi connectivity index (χ3n) is 3.56. The van der Waals surface area contributed by atoms with E-state index in [-0.39, 0.29) is 12.1 Å². The lowest BCUT2D eigenvalue weighted by molar-refractivity contribution is 0.410. The largest absolute Gasteiger partial charge is 0.346 e. The number of aromatic nitrogens is 1. The van der Waals surface area contributed by atoms with Gasteiger partial charge >= 0.3 is 0 Å². The maximum absolute atomic E-state index is 12.6. The third-order valence-corrected chi connectivity index (χ3v) is 5.56. The lowest BCUT2D eigenvalue weighted by Crippen LogP contribution is -2.32. The summed E-state index contributed by atoms with van der Waals surface area (Å²) in [6, 6.07) is 2.31. The maximum Gasteiger partial charge on any atom is 0.244 e. The van der Waals surface area contributed by atoms with Gasteiger partial charge in [-0.25, -0.2) is 8.42 Å². The highest BCUT2D eigenvalue weighted by atomic mass is 32.2. The van der Waals surface area contributed by atoms with Crippen LogP contribution in [-0.2, 0) is 16.6 Å². The number of sulfonamides is 1. The first-order chi connectivity index (χ1) is 9.57. The molecule has 1 rings (SSSR count). The molecule has 1 N–H and O–H groups in total. The number of rotatable bonds is 7. The molecule has 1 aromatic rings. The molecular weight excluding hydrogens is 286 g/mol. The van der Waals surface area contributed by atoms with Crippen molar-refractivity contribution >= 4 is 10.0 Å². The summed E-state index contributed by atoms with van der Waals surface area (Å²) in [4.78, 5) is 0.368. The Morgan fingerprint density at radius 2 is 1.76 bits per heavy atom. The minimum atomic E-state index is -3.43. The predicted octanol–water partition coefficient (Wildman–Crippen LogP) is 2.60. The predicted molar refractivity (Wildman–Crippen MR) is 86.9 cm³/mol. The molecule has 0 atom stereocenters. The fourth-order valence-corrected chi connectivity index (χ4v) is 3.43. The summed E-state index contributed by atoms with van der Waals surface area (Å²) in [5, 5.41) is 3.34. The Bertz CT molecular complexity index is 559. The molecule has 0 saturated heterocycles. The van der Waals surface area contributed by atoms with Crippen molar-refractivity contribution in [2.24, 2.45) is 0 Å². The van der Waals surface area contributed by atoms with Crippen LogP contribution < -0.4 is 5.32 Å². The molecule has 21 heavy (non-hydrogen) atoms. The van der Waals surface area contributed by atoms with Gasteiger partial charge in [0.1, 0.15) is 4.90 Å². The lowest BCUT2D eigenvalue weighted by atomic mass is 10.3. The van der Waals surface area contributed by atoms with Crippen LogP contribution in [0.15, 0.2) is 17.2 Å². The molecule has 0 fully saturated rings. The van der Waals surface area contributed by atoms with Crippen molar-refractivity contribution in [1.29, 1.82) is 0 Å². The van der Waals surface area contributed by atoms with E-state index in [0.29, 0.717) is 17.5 Å². The Balaban J connectivity index is 3.18. The molecule has 5 nitrogen and oxygen atoms in total. The highest BCUT2D eigenvalue weighted by Gasteiger charge is 2.25. The summed E-state index contributed by atoms with van der Waals surface area (Å²) >= 11 is 0.